The van der Waals surface area contributed by atoms with Gasteiger partial charge in [0, 0.05) is 6.54 Å². The second-order valence-corrected chi connectivity index (χ2v) is 4.85. The van der Waals surface area contributed by atoms with Crippen molar-refractivity contribution in [2.24, 2.45) is 0 Å². The Balaban J connectivity index is 2.34. The van der Waals surface area contributed by atoms with Gasteiger partial charge in [-0.3, -0.25) is 9.59 Å². The highest BCUT2D eigenvalue weighted by atomic mass is 16.2. The average Bonchev–Trinajstić information content (AvgIpc) is 2.68. The molecule has 1 saturated heterocycles. The SMILES string of the molecule is CCCCN1C(=O)N(c2ccccc2)C(=O)C1C(C)=O. The highest BCUT2D eigenvalue weighted by Crippen LogP contribution is 2.25. The predicted octanol–water partition coefficient (Wildman–Crippen LogP) is 2.21. The van der Waals surface area contributed by atoms with Crippen LogP contribution in [0.3, 0.4) is 0 Å². The summed E-state index contributed by atoms with van der Waals surface area (Å²) in [5.74, 6) is -0.748. The Morgan fingerprint density at radius 3 is 2.40 bits per heavy atom. The van der Waals surface area contributed by atoms with Gasteiger partial charge in [-0.25, -0.2) is 9.69 Å². The number of ketones is 1. The van der Waals surface area contributed by atoms with Crippen molar-refractivity contribution in [2.75, 3.05) is 11.4 Å². The number of benzene rings is 1. The summed E-state index contributed by atoms with van der Waals surface area (Å²) >= 11 is 0. The number of anilines is 1. The third kappa shape index (κ3) is 2.43. The smallest absolute Gasteiger partial charge is 0.305 e. The minimum atomic E-state index is -0.978. The number of Topliss-reactive ketones (excluding diaryl/α,β-unsaturated/α-hetero) is 1. The van der Waals surface area contributed by atoms with Crippen LogP contribution in [0.5, 0.6) is 0 Å². The van der Waals surface area contributed by atoms with Crippen molar-refractivity contribution >= 4 is 23.4 Å². The lowest BCUT2D eigenvalue weighted by Crippen LogP contribution is -2.40. The largest absolute Gasteiger partial charge is 0.332 e. The van der Waals surface area contributed by atoms with Crippen LogP contribution in [0.25, 0.3) is 0 Å². The summed E-state index contributed by atoms with van der Waals surface area (Å²) < 4.78 is 0. The molecule has 3 amide bonds. The van der Waals surface area contributed by atoms with E-state index in [0.717, 1.165) is 17.7 Å². The number of amides is 3. The Morgan fingerprint density at radius 2 is 1.85 bits per heavy atom. The number of unbranched alkanes of at least 4 members (excludes halogenated alkanes) is 1. The van der Waals surface area contributed by atoms with Crippen LogP contribution in [0, 0.1) is 0 Å². The van der Waals surface area contributed by atoms with Crippen molar-refractivity contribution in [3.63, 3.8) is 0 Å². The first kappa shape index (κ1) is 14.2. The maximum atomic E-state index is 12.4. The molecular formula is C15H18N2O3. The molecular weight excluding hydrogens is 256 g/mol. The van der Waals surface area contributed by atoms with Crippen LogP contribution < -0.4 is 4.90 Å². The zero-order valence-electron chi connectivity index (χ0n) is 11.7. The highest BCUT2D eigenvalue weighted by Gasteiger charge is 2.47. The average molecular weight is 274 g/mol. The first-order valence-electron chi connectivity index (χ1n) is 6.78. The lowest BCUT2D eigenvalue weighted by Gasteiger charge is -2.19. The number of rotatable bonds is 5. The Kier molecular flexibility index (Phi) is 4.17. The van der Waals surface area contributed by atoms with E-state index in [1.807, 2.05) is 13.0 Å². The number of hydrogen-bond donors (Lipinski definition) is 0. The molecule has 5 heteroatoms. The number of carbonyl (C=O) groups excluding carboxylic acids is 3. The van der Waals surface area contributed by atoms with E-state index in [0.29, 0.717) is 12.2 Å². The van der Waals surface area contributed by atoms with Crippen LogP contribution in [0.4, 0.5) is 10.5 Å². The zero-order chi connectivity index (χ0) is 14.7. The molecule has 5 nitrogen and oxygen atoms in total. The van der Waals surface area contributed by atoms with Crippen molar-refractivity contribution in [3.8, 4) is 0 Å². The van der Waals surface area contributed by atoms with Crippen LogP contribution in [0.1, 0.15) is 26.7 Å². The number of imide groups is 1. The molecule has 0 aliphatic carbocycles. The molecule has 1 atom stereocenters. The van der Waals surface area contributed by atoms with Gasteiger partial charge >= 0.3 is 6.03 Å². The fraction of sp³-hybridized carbons (Fsp3) is 0.400. The summed E-state index contributed by atoms with van der Waals surface area (Å²) in [4.78, 5) is 39.0. The van der Waals surface area contributed by atoms with Crippen LogP contribution in [0.2, 0.25) is 0 Å². The summed E-state index contributed by atoms with van der Waals surface area (Å²) in [6.45, 7) is 3.78. The molecule has 0 bridgehead atoms. The second kappa shape index (κ2) is 5.86. The third-order valence-corrected chi connectivity index (χ3v) is 3.35. The lowest BCUT2D eigenvalue weighted by atomic mass is 10.1. The highest BCUT2D eigenvalue weighted by molar-refractivity contribution is 6.27. The minimum absolute atomic E-state index is 0.294. The molecule has 0 radical (unpaired) electrons. The van der Waals surface area contributed by atoms with Gasteiger partial charge < -0.3 is 4.90 Å². The predicted molar refractivity (Wildman–Crippen MR) is 75.4 cm³/mol. The topological polar surface area (TPSA) is 57.7 Å². The van der Waals surface area contributed by atoms with E-state index in [1.165, 1.54) is 11.8 Å². The Morgan fingerprint density at radius 1 is 1.20 bits per heavy atom. The summed E-state index contributed by atoms with van der Waals surface area (Å²) in [5.41, 5.74) is 0.507. The molecule has 1 aromatic rings. The van der Waals surface area contributed by atoms with Crippen LogP contribution in [-0.4, -0.2) is 35.2 Å². The molecule has 1 fully saturated rings. The van der Waals surface area contributed by atoms with Gasteiger partial charge in [-0.1, -0.05) is 31.5 Å². The van der Waals surface area contributed by atoms with E-state index in [4.69, 9.17) is 0 Å². The standard InChI is InChI=1S/C15H18N2O3/c1-3-4-10-16-13(11(2)18)14(19)17(15(16)20)12-8-6-5-7-9-12/h5-9,13H,3-4,10H2,1-2H3. The van der Waals surface area contributed by atoms with E-state index in [1.54, 1.807) is 24.3 Å². The molecule has 20 heavy (non-hydrogen) atoms. The van der Waals surface area contributed by atoms with E-state index in [9.17, 15) is 14.4 Å². The Bertz CT molecular complexity index is 527. The quantitative estimate of drug-likeness (QED) is 0.611. The van der Waals surface area contributed by atoms with Gasteiger partial charge in [0.05, 0.1) is 5.69 Å². The van der Waals surface area contributed by atoms with Crippen LogP contribution in [-0.2, 0) is 9.59 Å². The number of carbonyl (C=O) groups is 3. The second-order valence-electron chi connectivity index (χ2n) is 4.85. The third-order valence-electron chi connectivity index (χ3n) is 3.35. The molecule has 0 N–H and O–H groups in total. The maximum absolute atomic E-state index is 12.4. The van der Waals surface area contributed by atoms with Gasteiger partial charge in [0.1, 0.15) is 0 Å². The Labute approximate surface area is 118 Å². The molecule has 1 aliphatic heterocycles. The van der Waals surface area contributed by atoms with Crippen molar-refractivity contribution in [3.05, 3.63) is 30.3 Å². The van der Waals surface area contributed by atoms with Crippen molar-refractivity contribution in [1.82, 2.24) is 4.90 Å². The molecule has 1 unspecified atom stereocenters. The summed E-state index contributed by atoms with van der Waals surface area (Å²) in [6, 6.07) is 7.32. The lowest BCUT2D eigenvalue weighted by molar-refractivity contribution is -0.129. The van der Waals surface area contributed by atoms with E-state index in [-0.39, 0.29) is 5.78 Å². The molecule has 2 rings (SSSR count). The number of para-hydroxylation sites is 1. The Hall–Kier alpha value is -2.17. The fourth-order valence-corrected chi connectivity index (χ4v) is 2.35. The molecule has 106 valence electrons. The summed E-state index contributed by atoms with van der Waals surface area (Å²) in [5, 5.41) is 0. The van der Waals surface area contributed by atoms with Crippen molar-refractivity contribution in [2.45, 2.75) is 32.7 Å². The number of nitrogens with zero attached hydrogens (tertiary/aromatic N) is 2. The monoisotopic (exact) mass is 274 g/mol. The van der Waals surface area contributed by atoms with E-state index < -0.39 is 18.0 Å². The van der Waals surface area contributed by atoms with Gasteiger partial charge in [0.25, 0.3) is 5.91 Å². The van der Waals surface area contributed by atoms with Gasteiger partial charge in [-0.15, -0.1) is 0 Å². The van der Waals surface area contributed by atoms with Crippen LogP contribution >= 0.6 is 0 Å². The molecule has 1 aliphatic rings. The maximum Gasteiger partial charge on any atom is 0.332 e. The van der Waals surface area contributed by atoms with Crippen molar-refractivity contribution < 1.29 is 14.4 Å². The number of hydrogen-bond acceptors (Lipinski definition) is 3. The normalized spacial score (nSPS) is 18.8. The fourth-order valence-electron chi connectivity index (χ4n) is 2.35. The first-order valence-corrected chi connectivity index (χ1v) is 6.78. The van der Waals surface area contributed by atoms with Gasteiger partial charge in [0.2, 0.25) is 0 Å². The van der Waals surface area contributed by atoms with E-state index >= 15 is 0 Å². The first-order chi connectivity index (χ1) is 9.57. The molecule has 1 heterocycles. The van der Waals surface area contributed by atoms with Gasteiger partial charge in [-0.05, 0) is 25.5 Å². The van der Waals surface area contributed by atoms with E-state index in [2.05, 4.69) is 0 Å². The molecule has 0 spiro atoms. The van der Waals surface area contributed by atoms with Gasteiger partial charge in [0.15, 0.2) is 11.8 Å². The van der Waals surface area contributed by atoms with Crippen molar-refractivity contribution in [1.29, 1.82) is 0 Å². The zero-order valence-corrected chi connectivity index (χ0v) is 11.7. The molecule has 0 aromatic heterocycles. The summed E-state index contributed by atoms with van der Waals surface area (Å²) in [7, 11) is 0. The van der Waals surface area contributed by atoms with Crippen LogP contribution in [0.15, 0.2) is 30.3 Å². The minimum Gasteiger partial charge on any atom is -0.305 e. The summed E-state index contributed by atoms with van der Waals surface area (Å²) in [6.07, 6.45) is 1.67. The van der Waals surface area contributed by atoms with Gasteiger partial charge in [-0.2, -0.15) is 0 Å². The number of urea groups is 1. The molecule has 0 saturated carbocycles. The molecule has 1 aromatic carbocycles.